The molecule has 3 rings (SSSR count). The minimum Gasteiger partial charge on any atom is -0.361 e. The van der Waals surface area contributed by atoms with Gasteiger partial charge in [0, 0.05) is 42.8 Å². The molecular formula is C17H17N5O2. The second kappa shape index (κ2) is 7.36. The van der Waals surface area contributed by atoms with Crippen molar-refractivity contribution in [2.75, 3.05) is 11.9 Å². The van der Waals surface area contributed by atoms with Gasteiger partial charge in [0.1, 0.15) is 5.69 Å². The summed E-state index contributed by atoms with van der Waals surface area (Å²) in [5.74, 6) is -0.379. The number of aromatic amines is 1. The molecule has 0 saturated heterocycles. The molecule has 7 nitrogen and oxygen atoms in total. The lowest BCUT2D eigenvalue weighted by atomic mass is 10.2. The zero-order chi connectivity index (χ0) is 16.8. The molecule has 0 radical (unpaired) electrons. The molecule has 122 valence electrons. The number of fused-ring (bicyclic) bond motifs is 1. The monoisotopic (exact) mass is 323 g/mol. The van der Waals surface area contributed by atoms with Gasteiger partial charge in [-0.05, 0) is 30.0 Å². The first-order chi connectivity index (χ1) is 11.7. The van der Waals surface area contributed by atoms with Crippen molar-refractivity contribution >= 4 is 28.4 Å². The Balaban J connectivity index is 1.41. The van der Waals surface area contributed by atoms with Gasteiger partial charge < -0.3 is 15.6 Å². The molecule has 0 unspecified atom stereocenters. The Morgan fingerprint density at radius 1 is 1.17 bits per heavy atom. The van der Waals surface area contributed by atoms with Crippen molar-refractivity contribution in [3.63, 3.8) is 0 Å². The summed E-state index contributed by atoms with van der Waals surface area (Å²) in [6.07, 6.45) is 7.09. The maximum Gasteiger partial charge on any atom is 0.271 e. The molecule has 1 aromatic carbocycles. The van der Waals surface area contributed by atoms with Gasteiger partial charge in [-0.2, -0.15) is 0 Å². The van der Waals surface area contributed by atoms with Gasteiger partial charge in [0.25, 0.3) is 5.91 Å². The first-order valence-corrected chi connectivity index (χ1v) is 7.63. The van der Waals surface area contributed by atoms with Crippen LogP contribution in [-0.4, -0.2) is 33.3 Å². The van der Waals surface area contributed by atoms with Crippen LogP contribution in [0.1, 0.15) is 23.3 Å². The lowest BCUT2D eigenvalue weighted by Gasteiger charge is -2.06. The highest BCUT2D eigenvalue weighted by atomic mass is 16.2. The topological polar surface area (TPSA) is 99.8 Å². The Bertz CT molecular complexity index is 844. The van der Waals surface area contributed by atoms with Crippen molar-refractivity contribution in [1.29, 1.82) is 0 Å². The fourth-order valence-electron chi connectivity index (χ4n) is 2.31. The number of anilines is 1. The second-order valence-corrected chi connectivity index (χ2v) is 5.28. The minimum absolute atomic E-state index is 0.0883. The van der Waals surface area contributed by atoms with Crippen LogP contribution in [0, 0.1) is 0 Å². The number of H-pyrrole nitrogens is 1. The lowest BCUT2D eigenvalue weighted by molar-refractivity contribution is -0.116. The predicted molar refractivity (Wildman–Crippen MR) is 90.5 cm³/mol. The van der Waals surface area contributed by atoms with Crippen molar-refractivity contribution in [2.24, 2.45) is 0 Å². The van der Waals surface area contributed by atoms with Crippen molar-refractivity contribution in [3.8, 4) is 0 Å². The maximum atomic E-state index is 11.9. The molecule has 24 heavy (non-hydrogen) atoms. The Hall–Kier alpha value is -3.22. The van der Waals surface area contributed by atoms with Crippen LogP contribution in [-0.2, 0) is 4.79 Å². The smallest absolute Gasteiger partial charge is 0.271 e. The molecular weight excluding hydrogens is 306 g/mol. The second-order valence-electron chi connectivity index (χ2n) is 5.28. The van der Waals surface area contributed by atoms with Crippen LogP contribution in [0.15, 0.2) is 49.1 Å². The summed E-state index contributed by atoms with van der Waals surface area (Å²) in [5, 5.41) is 6.66. The van der Waals surface area contributed by atoms with Gasteiger partial charge in [-0.3, -0.25) is 14.6 Å². The minimum atomic E-state index is -0.291. The van der Waals surface area contributed by atoms with Gasteiger partial charge in [0.2, 0.25) is 5.91 Å². The van der Waals surface area contributed by atoms with Crippen LogP contribution in [0.3, 0.4) is 0 Å². The summed E-state index contributed by atoms with van der Waals surface area (Å²) in [6.45, 7) is 0.401. The Kier molecular flexibility index (Phi) is 4.81. The van der Waals surface area contributed by atoms with E-state index >= 15 is 0 Å². The molecule has 0 saturated carbocycles. The van der Waals surface area contributed by atoms with E-state index in [1.807, 2.05) is 30.5 Å². The van der Waals surface area contributed by atoms with Crippen molar-refractivity contribution in [1.82, 2.24) is 20.3 Å². The fourth-order valence-corrected chi connectivity index (χ4v) is 2.31. The van der Waals surface area contributed by atoms with Gasteiger partial charge in [0.05, 0.1) is 6.20 Å². The Labute approximate surface area is 138 Å². The summed E-state index contributed by atoms with van der Waals surface area (Å²) in [7, 11) is 0. The molecule has 0 bridgehead atoms. The molecule has 3 aromatic rings. The fraction of sp³-hybridized carbons (Fsp3) is 0.176. The highest BCUT2D eigenvalue weighted by molar-refractivity contribution is 5.94. The molecule has 0 fully saturated rings. The lowest BCUT2D eigenvalue weighted by Crippen LogP contribution is -2.26. The number of hydrogen-bond donors (Lipinski definition) is 3. The summed E-state index contributed by atoms with van der Waals surface area (Å²) in [6, 6.07) is 7.68. The molecule has 0 spiro atoms. The molecule has 0 aliphatic heterocycles. The normalized spacial score (nSPS) is 10.5. The van der Waals surface area contributed by atoms with Gasteiger partial charge in [0.15, 0.2) is 0 Å². The molecule has 0 aliphatic carbocycles. The molecule has 2 amide bonds. The number of aromatic nitrogens is 3. The van der Waals surface area contributed by atoms with Gasteiger partial charge in [-0.25, -0.2) is 4.98 Å². The molecule has 0 aliphatic rings. The van der Waals surface area contributed by atoms with E-state index in [1.165, 1.54) is 18.6 Å². The van der Waals surface area contributed by atoms with Crippen LogP contribution in [0.4, 0.5) is 5.69 Å². The standard InChI is InChI=1S/C17H17N5O2/c23-16(22-13-4-3-12-5-7-19-14(12)10-13)2-1-6-21-17(24)15-11-18-8-9-20-15/h3-5,7-11,19H,1-2,6H2,(H,21,24)(H,22,23). The van der Waals surface area contributed by atoms with E-state index in [4.69, 9.17) is 0 Å². The number of rotatable bonds is 6. The average Bonchev–Trinajstić information content (AvgIpc) is 3.07. The quantitative estimate of drug-likeness (QED) is 0.605. The molecule has 7 heteroatoms. The maximum absolute atomic E-state index is 11.9. The summed E-state index contributed by atoms with van der Waals surface area (Å²) in [4.78, 5) is 34.6. The highest BCUT2D eigenvalue weighted by Gasteiger charge is 2.07. The van der Waals surface area contributed by atoms with E-state index in [0.29, 0.717) is 19.4 Å². The zero-order valence-corrected chi connectivity index (χ0v) is 13.0. The number of carbonyl (C=O) groups excluding carboxylic acids is 2. The first kappa shape index (κ1) is 15.7. The van der Waals surface area contributed by atoms with E-state index in [1.54, 1.807) is 0 Å². The third kappa shape index (κ3) is 3.95. The van der Waals surface area contributed by atoms with Crippen LogP contribution in [0.2, 0.25) is 0 Å². The summed E-state index contributed by atoms with van der Waals surface area (Å²) in [5.41, 5.74) is 1.99. The highest BCUT2D eigenvalue weighted by Crippen LogP contribution is 2.17. The number of carbonyl (C=O) groups is 2. The number of amides is 2. The molecule has 3 N–H and O–H groups in total. The average molecular weight is 323 g/mol. The molecule has 2 aromatic heterocycles. The number of nitrogens with one attached hydrogen (secondary N) is 3. The van der Waals surface area contributed by atoms with Gasteiger partial charge in [-0.1, -0.05) is 6.07 Å². The van der Waals surface area contributed by atoms with E-state index in [0.717, 1.165) is 16.6 Å². The van der Waals surface area contributed by atoms with E-state index < -0.39 is 0 Å². The van der Waals surface area contributed by atoms with Crippen molar-refractivity contribution < 1.29 is 9.59 Å². The Morgan fingerprint density at radius 2 is 2.08 bits per heavy atom. The van der Waals surface area contributed by atoms with Gasteiger partial charge >= 0.3 is 0 Å². The zero-order valence-electron chi connectivity index (χ0n) is 13.0. The van der Waals surface area contributed by atoms with E-state index in [9.17, 15) is 9.59 Å². The number of nitrogens with zero attached hydrogens (tertiary/aromatic N) is 2. The van der Waals surface area contributed by atoms with Crippen LogP contribution in [0.5, 0.6) is 0 Å². The SMILES string of the molecule is O=C(CCCNC(=O)c1cnccn1)Nc1ccc2cc[nH]c2c1. The van der Waals surface area contributed by atoms with Crippen molar-refractivity contribution in [2.45, 2.75) is 12.8 Å². The van der Waals surface area contributed by atoms with Crippen LogP contribution < -0.4 is 10.6 Å². The summed E-state index contributed by atoms with van der Waals surface area (Å²) >= 11 is 0. The molecule has 0 atom stereocenters. The number of benzene rings is 1. The van der Waals surface area contributed by atoms with Gasteiger partial charge in [-0.15, -0.1) is 0 Å². The third-order valence-corrected chi connectivity index (χ3v) is 3.50. The number of hydrogen-bond acceptors (Lipinski definition) is 4. The third-order valence-electron chi connectivity index (χ3n) is 3.50. The Morgan fingerprint density at radius 3 is 2.92 bits per heavy atom. The largest absolute Gasteiger partial charge is 0.361 e. The summed E-state index contributed by atoms with van der Waals surface area (Å²) < 4.78 is 0. The molecule has 2 heterocycles. The van der Waals surface area contributed by atoms with Crippen LogP contribution >= 0.6 is 0 Å². The predicted octanol–water partition coefficient (Wildman–Crippen LogP) is 2.11. The van der Waals surface area contributed by atoms with E-state index in [-0.39, 0.29) is 17.5 Å². The van der Waals surface area contributed by atoms with Crippen molar-refractivity contribution in [3.05, 3.63) is 54.7 Å². The van der Waals surface area contributed by atoms with Crippen LogP contribution in [0.25, 0.3) is 10.9 Å². The first-order valence-electron chi connectivity index (χ1n) is 7.63. The van der Waals surface area contributed by atoms with E-state index in [2.05, 4.69) is 25.6 Å².